The predicted molar refractivity (Wildman–Crippen MR) is 73.5 cm³/mol. The molecule has 0 N–H and O–H groups in total. The summed E-state index contributed by atoms with van der Waals surface area (Å²) < 4.78 is 15.3. The van der Waals surface area contributed by atoms with Crippen LogP contribution >= 0.6 is 11.5 Å². The maximum atomic E-state index is 12.1. The van der Waals surface area contributed by atoms with Crippen LogP contribution in [0.5, 0.6) is 5.88 Å². The lowest BCUT2D eigenvalue weighted by Gasteiger charge is -2.26. The number of amides is 1. The van der Waals surface area contributed by atoms with Crippen molar-refractivity contribution in [1.82, 2.24) is 9.27 Å². The van der Waals surface area contributed by atoms with Crippen molar-refractivity contribution in [2.75, 3.05) is 6.54 Å². The summed E-state index contributed by atoms with van der Waals surface area (Å²) in [5, 5.41) is 1.87. The third kappa shape index (κ3) is 3.83. The Labute approximate surface area is 117 Å². The Morgan fingerprint density at radius 1 is 1.53 bits per heavy atom. The number of carbonyl (C=O) groups is 1. The van der Waals surface area contributed by atoms with E-state index in [0.29, 0.717) is 12.4 Å². The molecule has 0 unspecified atom stereocenters. The fourth-order valence-electron chi connectivity index (χ4n) is 2.07. The third-order valence-corrected chi connectivity index (χ3v) is 3.41. The minimum atomic E-state index is -0.468. The van der Waals surface area contributed by atoms with Gasteiger partial charge in [0.1, 0.15) is 11.7 Å². The highest BCUT2D eigenvalue weighted by Crippen LogP contribution is 2.24. The molecule has 2 rings (SSSR count). The van der Waals surface area contributed by atoms with Gasteiger partial charge in [0.05, 0.1) is 6.54 Å². The number of hydrogen-bond donors (Lipinski definition) is 0. The van der Waals surface area contributed by atoms with Crippen LogP contribution in [0.2, 0.25) is 0 Å². The van der Waals surface area contributed by atoms with Crippen molar-refractivity contribution in [3.63, 3.8) is 0 Å². The zero-order chi connectivity index (χ0) is 14.0. The van der Waals surface area contributed by atoms with Gasteiger partial charge in [0.15, 0.2) is 0 Å². The molecule has 1 aromatic rings. The number of ether oxygens (including phenoxy) is 2. The Balaban J connectivity index is 1.92. The summed E-state index contributed by atoms with van der Waals surface area (Å²) in [7, 11) is 0. The number of likely N-dealkylation sites (tertiary alicyclic amines) is 1. The van der Waals surface area contributed by atoms with E-state index in [4.69, 9.17) is 9.47 Å². The molecule has 2 atom stereocenters. The third-order valence-electron chi connectivity index (χ3n) is 2.87. The molecule has 0 aromatic carbocycles. The maximum absolute atomic E-state index is 12.1. The van der Waals surface area contributed by atoms with Crippen LogP contribution in [0.15, 0.2) is 11.4 Å². The van der Waals surface area contributed by atoms with E-state index in [9.17, 15) is 4.79 Å². The summed E-state index contributed by atoms with van der Waals surface area (Å²) in [6.45, 7) is 8.17. The van der Waals surface area contributed by atoms with Gasteiger partial charge in [-0.3, -0.25) is 0 Å². The summed E-state index contributed by atoms with van der Waals surface area (Å²) in [5.41, 5.74) is -0.468. The second kappa shape index (κ2) is 5.36. The molecular weight excluding hydrogens is 264 g/mol. The van der Waals surface area contributed by atoms with Crippen molar-refractivity contribution in [3.05, 3.63) is 11.4 Å². The van der Waals surface area contributed by atoms with Crippen LogP contribution < -0.4 is 4.74 Å². The average molecular weight is 284 g/mol. The maximum Gasteiger partial charge on any atom is 0.410 e. The Hall–Kier alpha value is -1.30. The summed E-state index contributed by atoms with van der Waals surface area (Å²) in [6.07, 6.45) is 0.519. The molecule has 1 fully saturated rings. The second-order valence-electron chi connectivity index (χ2n) is 5.79. The zero-order valence-electron chi connectivity index (χ0n) is 11.8. The summed E-state index contributed by atoms with van der Waals surface area (Å²) >= 11 is 1.36. The highest BCUT2D eigenvalue weighted by atomic mass is 32.1. The number of aromatic nitrogens is 1. The summed E-state index contributed by atoms with van der Waals surface area (Å²) in [6, 6.07) is 1.96. The molecule has 1 saturated heterocycles. The molecule has 5 nitrogen and oxygen atoms in total. The standard InChI is InChI=1S/C13H20N2O3S/c1-9-7-10(17-11-5-6-19-14-11)8-15(9)12(16)18-13(2,3)4/h5-6,9-10H,7-8H2,1-4H3/t9-,10+/m0/s1. The monoisotopic (exact) mass is 284 g/mol. The molecule has 0 spiro atoms. The average Bonchev–Trinajstić information content (AvgIpc) is 2.86. The number of nitrogens with zero attached hydrogens (tertiary/aromatic N) is 2. The molecule has 0 radical (unpaired) electrons. The van der Waals surface area contributed by atoms with Crippen LogP contribution in [0, 0.1) is 0 Å². The van der Waals surface area contributed by atoms with Crippen molar-refractivity contribution < 1.29 is 14.3 Å². The Bertz CT molecular complexity index is 428. The predicted octanol–water partition coefficient (Wildman–Crippen LogP) is 2.92. The Kier molecular flexibility index (Phi) is 3.99. The van der Waals surface area contributed by atoms with E-state index in [-0.39, 0.29) is 18.2 Å². The van der Waals surface area contributed by atoms with E-state index in [1.54, 1.807) is 4.90 Å². The molecule has 2 heterocycles. The molecule has 0 bridgehead atoms. The first-order valence-electron chi connectivity index (χ1n) is 6.42. The minimum Gasteiger partial charge on any atom is -0.472 e. The van der Waals surface area contributed by atoms with Gasteiger partial charge in [0.25, 0.3) is 0 Å². The van der Waals surface area contributed by atoms with Crippen molar-refractivity contribution in [2.45, 2.75) is 51.9 Å². The molecule has 0 saturated carbocycles. The molecule has 19 heavy (non-hydrogen) atoms. The Morgan fingerprint density at radius 3 is 2.84 bits per heavy atom. The van der Waals surface area contributed by atoms with E-state index >= 15 is 0 Å². The van der Waals surface area contributed by atoms with Crippen LogP contribution in [0.1, 0.15) is 34.1 Å². The summed E-state index contributed by atoms with van der Waals surface area (Å²) in [4.78, 5) is 13.8. The first-order valence-corrected chi connectivity index (χ1v) is 7.25. The van der Waals surface area contributed by atoms with Crippen LogP contribution in [-0.4, -0.2) is 39.7 Å². The van der Waals surface area contributed by atoms with Crippen LogP contribution in [0.3, 0.4) is 0 Å². The molecule has 1 aliphatic heterocycles. The van der Waals surface area contributed by atoms with E-state index in [2.05, 4.69) is 4.37 Å². The van der Waals surface area contributed by atoms with E-state index in [1.807, 2.05) is 39.1 Å². The van der Waals surface area contributed by atoms with Gasteiger partial charge in [-0.1, -0.05) is 0 Å². The molecule has 106 valence electrons. The molecule has 1 aliphatic rings. The first-order chi connectivity index (χ1) is 8.85. The van der Waals surface area contributed by atoms with E-state index in [1.165, 1.54) is 11.5 Å². The van der Waals surface area contributed by atoms with E-state index in [0.717, 1.165) is 6.42 Å². The summed E-state index contributed by atoms with van der Waals surface area (Å²) in [5.74, 6) is 0.633. The van der Waals surface area contributed by atoms with Gasteiger partial charge in [-0.15, -0.1) is 0 Å². The molecule has 1 amide bonds. The number of carbonyl (C=O) groups excluding carboxylic acids is 1. The van der Waals surface area contributed by atoms with Gasteiger partial charge in [-0.05, 0) is 39.2 Å². The van der Waals surface area contributed by atoms with Crippen molar-refractivity contribution >= 4 is 17.6 Å². The highest BCUT2D eigenvalue weighted by molar-refractivity contribution is 7.03. The van der Waals surface area contributed by atoms with Gasteiger partial charge in [-0.2, -0.15) is 4.37 Å². The molecule has 1 aromatic heterocycles. The fourth-order valence-corrected chi connectivity index (χ4v) is 2.52. The molecule has 0 aliphatic carbocycles. The number of rotatable bonds is 2. The SMILES string of the molecule is C[C@H]1C[C@@H](Oc2ccsn2)CN1C(=O)OC(C)(C)C. The van der Waals surface area contributed by atoms with Crippen molar-refractivity contribution in [2.24, 2.45) is 0 Å². The van der Waals surface area contributed by atoms with Gasteiger partial charge in [-0.25, -0.2) is 4.79 Å². The van der Waals surface area contributed by atoms with E-state index < -0.39 is 5.60 Å². The molecular formula is C13H20N2O3S. The second-order valence-corrected chi connectivity index (χ2v) is 6.46. The van der Waals surface area contributed by atoms with Gasteiger partial charge in [0.2, 0.25) is 5.88 Å². The number of hydrogen-bond acceptors (Lipinski definition) is 5. The van der Waals surface area contributed by atoms with Crippen molar-refractivity contribution in [3.8, 4) is 5.88 Å². The molecule has 6 heteroatoms. The normalized spacial score (nSPS) is 23.5. The fraction of sp³-hybridized carbons (Fsp3) is 0.692. The van der Waals surface area contributed by atoms with Gasteiger partial charge >= 0.3 is 6.09 Å². The zero-order valence-corrected chi connectivity index (χ0v) is 12.6. The quantitative estimate of drug-likeness (QED) is 0.838. The largest absolute Gasteiger partial charge is 0.472 e. The smallest absolute Gasteiger partial charge is 0.410 e. The topological polar surface area (TPSA) is 51.7 Å². The lowest BCUT2D eigenvalue weighted by molar-refractivity contribution is 0.0223. The van der Waals surface area contributed by atoms with Crippen LogP contribution in [-0.2, 0) is 4.74 Å². The van der Waals surface area contributed by atoms with Crippen LogP contribution in [0.4, 0.5) is 4.79 Å². The minimum absolute atomic E-state index is 0.00961. The van der Waals surface area contributed by atoms with Gasteiger partial charge < -0.3 is 14.4 Å². The van der Waals surface area contributed by atoms with Gasteiger partial charge in [0, 0.05) is 23.9 Å². The first kappa shape index (κ1) is 14.1. The Morgan fingerprint density at radius 2 is 2.26 bits per heavy atom. The van der Waals surface area contributed by atoms with Crippen molar-refractivity contribution in [1.29, 1.82) is 0 Å². The lowest BCUT2D eigenvalue weighted by Crippen LogP contribution is -2.39. The highest BCUT2D eigenvalue weighted by Gasteiger charge is 2.36. The lowest BCUT2D eigenvalue weighted by atomic mass is 10.2. The van der Waals surface area contributed by atoms with Crippen LogP contribution in [0.25, 0.3) is 0 Å².